The van der Waals surface area contributed by atoms with Crippen molar-refractivity contribution in [3.63, 3.8) is 0 Å². The molecule has 0 saturated heterocycles. The van der Waals surface area contributed by atoms with Gasteiger partial charge in [0.25, 0.3) is 5.91 Å². The van der Waals surface area contributed by atoms with E-state index >= 15 is 0 Å². The summed E-state index contributed by atoms with van der Waals surface area (Å²) in [6, 6.07) is 17.1. The Balaban J connectivity index is 1.72. The zero-order valence-corrected chi connectivity index (χ0v) is 20.3. The number of carbonyl (C=O) groups excluding carboxylic acids is 1. The SMILES string of the molecule is CN(C)S(=O)(=O)c1ccc2c(c1)cc(C(=O)NC1CCCCCCC1)n2Cc1ccccc1. The zero-order valence-electron chi connectivity index (χ0n) is 19.5. The van der Waals surface area contributed by atoms with Crippen LogP contribution in [0.5, 0.6) is 0 Å². The highest BCUT2D eigenvalue weighted by Gasteiger charge is 2.22. The number of hydrogen-bond donors (Lipinski definition) is 1. The van der Waals surface area contributed by atoms with Crippen molar-refractivity contribution in [2.24, 2.45) is 0 Å². The predicted molar refractivity (Wildman–Crippen MR) is 132 cm³/mol. The van der Waals surface area contributed by atoms with E-state index in [1.165, 1.54) is 37.7 Å². The van der Waals surface area contributed by atoms with Gasteiger partial charge >= 0.3 is 0 Å². The Bertz CT molecular complexity index is 1210. The number of amides is 1. The van der Waals surface area contributed by atoms with Crippen LogP contribution in [0.25, 0.3) is 10.9 Å². The number of fused-ring (bicyclic) bond motifs is 1. The fourth-order valence-electron chi connectivity index (χ4n) is 4.60. The summed E-state index contributed by atoms with van der Waals surface area (Å²) in [6.07, 6.45) is 8.04. The summed E-state index contributed by atoms with van der Waals surface area (Å²) in [6.45, 7) is 0.539. The lowest BCUT2D eigenvalue weighted by molar-refractivity contribution is 0.0922. The first-order valence-corrected chi connectivity index (χ1v) is 13.2. The highest BCUT2D eigenvalue weighted by atomic mass is 32.2. The molecule has 1 aliphatic carbocycles. The molecular weight excluding hydrogens is 434 g/mol. The number of nitrogens with zero attached hydrogens (tertiary/aromatic N) is 2. The molecule has 6 nitrogen and oxygen atoms in total. The van der Waals surface area contributed by atoms with E-state index in [1.807, 2.05) is 41.0 Å². The maximum Gasteiger partial charge on any atom is 0.268 e. The maximum absolute atomic E-state index is 13.4. The van der Waals surface area contributed by atoms with Crippen LogP contribution < -0.4 is 5.32 Å². The number of aromatic nitrogens is 1. The third kappa shape index (κ3) is 5.31. The summed E-state index contributed by atoms with van der Waals surface area (Å²) in [5.41, 5.74) is 2.50. The summed E-state index contributed by atoms with van der Waals surface area (Å²) < 4.78 is 28.5. The van der Waals surface area contributed by atoms with Crippen molar-refractivity contribution < 1.29 is 13.2 Å². The molecule has 4 rings (SSSR count). The van der Waals surface area contributed by atoms with Crippen molar-refractivity contribution in [1.82, 2.24) is 14.2 Å². The van der Waals surface area contributed by atoms with Gasteiger partial charge in [0.05, 0.1) is 4.90 Å². The summed E-state index contributed by atoms with van der Waals surface area (Å²) in [4.78, 5) is 13.6. The van der Waals surface area contributed by atoms with Crippen LogP contribution in [0.1, 0.15) is 61.0 Å². The molecule has 1 heterocycles. The molecule has 1 fully saturated rings. The number of rotatable bonds is 6. The van der Waals surface area contributed by atoms with Crippen molar-refractivity contribution >= 4 is 26.8 Å². The average molecular weight is 468 g/mol. The van der Waals surface area contributed by atoms with Crippen LogP contribution >= 0.6 is 0 Å². The van der Waals surface area contributed by atoms with E-state index in [-0.39, 0.29) is 16.8 Å². The lowest BCUT2D eigenvalue weighted by atomic mass is 9.96. The molecule has 7 heteroatoms. The Labute approximate surface area is 196 Å². The Hall–Kier alpha value is -2.64. The smallest absolute Gasteiger partial charge is 0.268 e. The number of hydrogen-bond acceptors (Lipinski definition) is 3. The molecular formula is C26H33N3O3S. The molecule has 0 atom stereocenters. The van der Waals surface area contributed by atoms with E-state index in [9.17, 15) is 13.2 Å². The lowest BCUT2D eigenvalue weighted by Crippen LogP contribution is -2.36. The minimum Gasteiger partial charge on any atom is -0.348 e. The van der Waals surface area contributed by atoms with Gasteiger partial charge in [-0.1, -0.05) is 62.4 Å². The van der Waals surface area contributed by atoms with Gasteiger partial charge in [0.2, 0.25) is 10.0 Å². The Morgan fingerprint density at radius 1 is 0.970 bits per heavy atom. The molecule has 176 valence electrons. The van der Waals surface area contributed by atoms with E-state index in [0.717, 1.165) is 42.1 Å². The summed E-state index contributed by atoms with van der Waals surface area (Å²) in [5.74, 6) is -0.0929. The van der Waals surface area contributed by atoms with Gasteiger partial charge in [-0.2, -0.15) is 0 Å². The van der Waals surface area contributed by atoms with Gasteiger partial charge in [0, 0.05) is 37.6 Å². The largest absolute Gasteiger partial charge is 0.348 e. The topological polar surface area (TPSA) is 71.4 Å². The highest BCUT2D eigenvalue weighted by molar-refractivity contribution is 7.89. The minimum atomic E-state index is -3.56. The summed E-state index contributed by atoms with van der Waals surface area (Å²) in [5, 5.41) is 4.01. The van der Waals surface area contributed by atoms with E-state index in [4.69, 9.17) is 0 Å². The van der Waals surface area contributed by atoms with Crippen molar-refractivity contribution in [3.8, 4) is 0 Å². The Morgan fingerprint density at radius 2 is 1.64 bits per heavy atom. The van der Waals surface area contributed by atoms with Crippen molar-refractivity contribution in [2.75, 3.05) is 14.1 Å². The average Bonchev–Trinajstić information content (AvgIpc) is 3.14. The van der Waals surface area contributed by atoms with E-state index < -0.39 is 10.0 Å². The van der Waals surface area contributed by atoms with Gasteiger partial charge in [0.15, 0.2) is 0 Å². The molecule has 3 aromatic rings. The van der Waals surface area contributed by atoms with Gasteiger partial charge in [-0.25, -0.2) is 12.7 Å². The number of sulfonamides is 1. The fourth-order valence-corrected chi connectivity index (χ4v) is 5.54. The molecule has 1 aromatic heterocycles. The monoisotopic (exact) mass is 467 g/mol. The highest BCUT2D eigenvalue weighted by Crippen LogP contribution is 2.26. The third-order valence-electron chi connectivity index (χ3n) is 6.51. The molecule has 0 aliphatic heterocycles. The molecule has 0 unspecified atom stereocenters. The van der Waals surface area contributed by atoms with Crippen molar-refractivity contribution in [2.45, 2.75) is 62.4 Å². The normalized spacial score (nSPS) is 16.0. The van der Waals surface area contributed by atoms with Crippen LogP contribution in [0, 0.1) is 0 Å². The second-order valence-electron chi connectivity index (χ2n) is 9.12. The lowest BCUT2D eigenvalue weighted by Gasteiger charge is -2.21. The first-order valence-electron chi connectivity index (χ1n) is 11.8. The van der Waals surface area contributed by atoms with Crippen molar-refractivity contribution in [1.29, 1.82) is 0 Å². The van der Waals surface area contributed by atoms with Crippen LogP contribution in [0.2, 0.25) is 0 Å². The first-order chi connectivity index (χ1) is 15.9. The van der Waals surface area contributed by atoms with E-state index in [0.29, 0.717) is 12.2 Å². The molecule has 1 amide bonds. The van der Waals surface area contributed by atoms with E-state index in [2.05, 4.69) is 5.32 Å². The van der Waals surface area contributed by atoms with Crippen molar-refractivity contribution in [3.05, 3.63) is 65.9 Å². The van der Waals surface area contributed by atoms with Crippen LogP contribution in [0.4, 0.5) is 0 Å². The standard InChI is InChI=1S/C26H33N3O3S/c1-28(2)33(31,32)23-15-16-24-21(17-23)18-25(29(24)19-20-11-7-6-8-12-20)26(30)27-22-13-9-4-3-5-10-14-22/h6-8,11-12,15-18,22H,3-5,9-10,13-14,19H2,1-2H3,(H,27,30). The Kier molecular flexibility index (Phi) is 7.20. The van der Waals surface area contributed by atoms with Crippen LogP contribution in [0.3, 0.4) is 0 Å². The van der Waals surface area contributed by atoms with Crippen LogP contribution in [-0.2, 0) is 16.6 Å². The summed E-state index contributed by atoms with van der Waals surface area (Å²) >= 11 is 0. The van der Waals surface area contributed by atoms with Gasteiger partial charge in [-0.05, 0) is 42.7 Å². The number of benzene rings is 2. The first kappa shape index (κ1) is 23.5. The fraction of sp³-hybridized carbons (Fsp3) is 0.423. The van der Waals surface area contributed by atoms with E-state index in [1.54, 1.807) is 18.2 Å². The van der Waals surface area contributed by atoms with Crippen LogP contribution in [-0.4, -0.2) is 43.3 Å². The van der Waals surface area contributed by atoms with Gasteiger partial charge in [0.1, 0.15) is 5.69 Å². The molecule has 1 saturated carbocycles. The quantitative estimate of drug-likeness (QED) is 0.567. The van der Waals surface area contributed by atoms with Gasteiger partial charge in [-0.15, -0.1) is 0 Å². The minimum absolute atomic E-state index is 0.0929. The van der Waals surface area contributed by atoms with Gasteiger partial charge < -0.3 is 9.88 Å². The molecule has 2 aromatic carbocycles. The molecule has 0 radical (unpaired) electrons. The third-order valence-corrected chi connectivity index (χ3v) is 8.32. The Morgan fingerprint density at radius 3 is 2.30 bits per heavy atom. The second-order valence-corrected chi connectivity index (χ2v) is 11.3. The number of nitrogens with one attached hydrogen (secondary N) is 1. The molecule has 33 heavy (non-hydrogen) atoms. The molecule has 0 bridgehead atoms. The molecule has 1 aliphatic rings. The van der Waals surface area contributed by atoms with Crippen LogP contribution in [0.15, 0.2) is 59.5 Å². The van der Waals surface area contributed by atoms with Gasteiger partial charge in [-0.3, -0.25) is 4.79 Å². The predicted octanol–water partition coefficient (Wildman–Crippen LogP) is 4.78. The number of carbonyl (C=O) groups is 1. The molecule has 0 spiro atoms. The zero-order chi connectivity index (χ0) is 23.4. The second kappa shape index (κ2) is 10.1. The molecule has 1 N–H and O–H groups in total. The maximum atomic E-state index is 13.4. The summed E-state index contributed by atoms with van der Waals surface area (Å²) in [7, 11) is -0.514.